The van der Waals surface area contributed by atoms with Crippen molar-refractivity contribution in [3.8, 4) is 33.9 Å². The van der Waals surface area contributed by atoms with Crippen molar-refractivity contribution < 1.29 is 16.8 Å². The molecule has 0 bridgehead atoms. The minimum Gasteiger partial charge on any atom is -0.369 e. The number of H-pyrrole nitrogens is 2. The number of hydrogen-bond donors (Lipinski definition) is 6. The Labute approximate surface area is 205 Å². The second-order valence-corrected chi connectivity index (χ2v) is 11.2. The number of nitrogens with two attached hydrogens (primary N) is 2. The minimum absolute atomic E-state index is 0.125. The summed E-state index contributed by atoms with van der Waals surface area (Å²) in [4.78, 5) is 9.95. The monoisotopic (exact) mass is 531 g/mol. The van der Waals surface area contributed by atoms with Crippen LogP contribution in [-0.4, -0.2) is 71.5 Å². The average Bonchev–Trinajstić information content (AvgIpc) is 3.61. The maximum absolute atomic E-state index is 13.3. The Kier molecular flexibility index (Phi) is 6.00. The van der Waals surface area contributed by atoms with Crippen LogP contribution in [0.1, 0.15) is 6.42 Å². The molecule has 0 saturated carbocycles. The highest BCUT2D eigenvalue weighted by Gasteiger charge is 2.33. The lowest BCUT2D eigenvalue weighted by Gasteiger charge is -2.18. The number of imidazole rings is 1. The van der Waals surface area contributed by atoms with Gasteiger partial charge < -0.3 is 16.0 Å². The predicted octanol–water partition coefficient (Wildman–Crippen LogP) is -0.811. The minimum atomic E-state index is -4.60. The number of nitrogen functional groups attached to an aromatic ring is 1. The van der Waals surface area contributed by atoms with E-state index < -0.39 is 35.9 Å². The van der Waals surface area contributed by atoms with Gasteiger partial charge >= 0.3 is 0 Å². The lowest BCUT2D eigenvalue weighted by atomic mass is 9.99. The van der Waals surface area contributed by atoms with Gasteiger partial charge in [0.15, 0.2) is 5.95 Å². The lowest BCUT2D eigenvalue weighted by Crippen LogP contribution is -2.37. The largest absolute Gasteiger partial charge is 0.369 e. The van der Waals surface area contributed by atoms with E-state index in [-0.39, 0.29) is 22.9 Å². The first-order chi connectivity index (χ1) is 17.1. The van der Waals surface area contributed by atoms with E-state index in [1.165, 1.54) is 24.5 Å². The van der Waals surface area contributed by atoms with Gasteiger partial charge in [-0.05, 0) is 47.5 Å². The van der Waals surface area contributed by atoms with Gasteiger partial charge in [-0.25, -0.2) is 31.7 Å². The Bertz CT molecular complexity index is 1630. The van der Waals surface area contributed by atoms with Crippen molar-refractivity contribution >= 4 is 26.0 Å². The standard InChI is InChI=1S/C19H21N11O4S2/c20-19-24-9-14(25-19)13-7-10(3-6-23-13)12-1-2-15(36(33,34)28-11-4-5-22-8-11)17(35(21,31)32)16(12)18-26-29-30-27-18/h1-3,6-7,9,11,22,28H,4-5,8H2,(H3,20,24,25)(H2,21,31,32)(H,26,27,29,30)/t11-/m0/s1. The fourth-order valence-corrected chi connectivity index (χ4v) is 6.91. The number of tetrazole rings is 1. The maximum Gasteiger partial charge on any atom is 0.242 e. The Morgan fingerprint density at radius 2 is 1.94 bits per heavy atom. The molecule has 0 spiro atoms. The molecule has 1 aliphatic heterocycles. The highest BCUT2D eigenvalue weighted by Crippen LogP contribution is 2.39. The van der Waals surface area contributed by atoms with Crippen LogP contribution in [0, 0.1) is 0 Å². The van der Waals surface area contributed by atoms with Crippen LogP contribution in [0.5, 0.6) is 0 Å². The Morgan fingerprint density at radius 1 is 1.11 bits per heavy atom. The third-order valence-electron chi connectivity index (χ3n) is 5.59. The Hall–Kier alpha value is -3.77. The Balaban J connectivity index is 1.74. The SMILES string of the molecule is Nc1ncc(-c2cc(-c3ccc(S(=O)(=O)N[C@H]4CCNC4)c(S(N)(=O)=O)c3-c3nn[nH]n3)ccn2)[nH]1. The van der Waals surface area contributed by atoms with E-state index >= 15 is 0 Å². The highest BCUT2D eigenvalue weighted by atomic mass is 32.2. The van der Waals surface area contributed by atoms with Gasteiger partial charge in [-0.15, -0.1) is 10.2 Å². The molecular weight excluding hydrogens is 510 g/mol. The summed E-state index contributed by atoms with van der Waals surface area (Å²) in [6, 6.07) is 5.52. The van der Waals surface area contributed by atoms with Gasteiger partial charge in [0, 0.05) is 18.8 Å². The summed E-state index contributed by atoms with van der Waals surface area (Å²) < 4.78 is 54.9. The maximum atomic E-state index is 13.3. The summed E-state index contributed by atoms with van der Waals surface area (Å²) in [5.74, 6) is 0.0403. The molecule has 0 aliphatic carbocycles. The number of primary sulfonamides is 1. The van der Waals surface area contributed by atoms with Crippen LogP contribution in [0.3, 0.4) is 0 Å². The molecule has 1 aromatic carbocycles. The number of rotatable bonds is 7. The summed E-state index contributed by atoms with van der Waals surface area (Å²) in [6.45, 7) is 1.05. The van der Waals surface area contributed by atoms with E-state index in [0.29, 0.717) is 36.5 Å². The Morgan fingerprint density at radius 3 is 2.58 bits per heavy atom. The van der Waals surface area contributed by atoms with Crippen LogP contribution in [-0.2, 0) is 20.0 Å². The molecule has 17 heteroatoms. The zero-order valence-electron chi connectivity index (χ0n) is 18.5. The van der Waals surface area contributed by atoms with Crippen LogP contribution in [0.2, 0.25) is 0 Å². The van der Waals surface area contributed by atoms with Crippen molar-refractivity contribution in [3.05, 3.63) is 36.7 Å². The van der Waals surface area contributed by atoms with Gasteiger partial charge in [0.05, 0.1) is 23.1 Å². The molecule has 8 N–H and O–H groups in total. The molecule has 0 amide bonds. The van der Waals surface area contributed by atoms with Crippen molar-refractivity contribution in [2.24, 2.45) is 5.14 Å². The van der Waals surface area contributed by atoms with E-state index in [1.807, 2.05) is 0 Å². The van der Waals surface area contributed by atoms with Gasteiger partial charge in [-0.3, -0.25) is 4.98 Å². The van der Waals surface area contributed by atoms with Crippen LogP contribution >= 0.6 is 0 Å². The smallest absolute Gasteiger partial charge is 0.242 e. The first-order valence-corrected chi connectivity index (χ1v) is 13.6. The van der Waals surface area contributed by atoms with Crippen molar-refractivity contribution in [2.45, 2.75) is 22.3 Å². The lowest BCUT2D eigenvalue weighted by molar-refractivity contribution is 0.555. The van der Waals surface area contributed by atoms with Gasteiger partial charge in [-0.1, -0.05) is 6.07 Å². The molecule has 1 saturated heterocycles. The zero-order chi connectivity index (χ0) is 25.5. The number of aromatic amines is 2. The van der Waals surface area contributed by atoms with E-state index in [4.69, 9.17) is 10.9 Å². The first-order valence-electron chi connectivity index (χ1n) is 10.6. The van der Waals surface area contributed by atoms with Crippen molar-refractivity contribution in [2.75, 3.05) is 18.8 Å². The predicted molar refractivity (Wildman–Crippen MR) is 128 cm³/mol. The third-order valence-corrected chi connectivity index (χ3v) is 8.27. The summed E-state index contributed by atoms with van der Waals surface area (Å²) in [7, 11) is -8.89. The normalized spacial score (nSPS) is 16.4. The van der Waals surface area contributed by atoms with Gasteiger partial charge in [0.2, 0.25) is 25.9 Å². The quantitative estimate of drug-likeness (QED) is 0.172. The molecule has 36 heavy (non-hydrogen) atoms. The molecular formula is C19H21N11O4S2. The molecule has 1 aliphatic rings. The fourth-order valence-electron chi connectivity index (χ4n) is 4.04. The van der Waals surface area contributed by atoms with Crippen molar-refractivity contribution in [1.29, 1.82) is 0 Å². The number of aromatic nitrogens is 7. The number of nitrogens with zero attached hydrogens (tertiary/aromatic N) is 5. The average molecular weight is 532 g/mol. The van der Waals surface area contributed by atoms with Crippen LogP contribution in [0.4, 0.5) is 5.95 Å². The number of anilines is 1. The van der Waals surface area contributed by atoms with Gasteiger partial charge in [-0.2, -0.15) is 5.21 Å². The third kappa shape index (κ3) is 4.56. The molecule has 188 valence electrons. The molecule has 3 aromatic heterocycles. The number of benzene rings is 1. The zero-order valence-corrected chi connectivity index (χ0v) is 20.1. The highest BCUT2D eigenvalue weighted by molar-refractivity contribution is 7.92. The molecule has 4 heterocycles. The molecule has 1 fully saturated rings. The summed E-state index contributed by atoms with van der Waals surface area (Å²) >= 11 is 0. The van der Waals surface area contributed by atoms with E-state index in [1.54, 1.807) is 12.1 Å². The number of sulfonamides is 2. The molecule has 0 unspecified atom stereocenters. The molecule has 5 rings (SSSR count). The first kappa shape index (κ1) is 23.9. The fraction of sp³-hybridized carbons (Fsp3) is 0.211. The number of hydrogen-bond acceptors (Lipinski definition) is 11. The van der Waals surface area contributed by atoms with E-state index in [0.717, 1.165) is 0 Å². The second kappa shape index (κ2) is 9.03. The van der Waals surface area contributed by atoms with Gasteiger partial charge in [0.25, 0.3) is 0 Å². The van der Waals surface area contributed by atoms with Crippen molar-refractivity contribution in [1.82, 2.24) is 45.6 Å². The summed E-state index contributed by atoms with van der Waals surface area (Å²) in [5.41, 5.74) is 7.30. The van der Waals surface area contributed by atoms with E-state index in [2.05, 4.69) is 45.6 Å². The van der Waals surface area contributed by atoms with Crippen LogP contribution in [0.25, 0.3) is 33.9 Å². The molecule has 15 nitrogen and oxygen atoms in total. The molecule has 0 radical (unpaired) electrons. The van der Waals surface area contributed by atoms with Gasteiger partial charge in [0.1, 0.15) is 9.79 Å². The number of nitrogens with one attached hydrogen (secondary N) is 4. The molecule has 1 atom stereocenters. The summed E-state index contributed by atoms with van der Waals surface area (Å²) in [5, 5.41) is 22.2. The van der Waals surface area contributed by atoms with Crippen LogP contribution < -0.4 is 20.9 Å². The second-order valence-electron chi connectivity index (χ2n) is 8.02. The topological polar surface area (TPSA) is 240 Å². The molecule has 4 aromatic rings. The number of pyridine rings is 1. The van der Waals surface area contributed by atoms with E-state index in [9.17, 15) is 16.8 Å². The van der Waals surface area contributed by atoms with Crippen LogP contribution in [0.15, 0.2) is 46.5 Å². The summed E-state index contributed by atoms with van der Waals surface area (Å²) in [6.07, 6.45) is 3.55. The van der Waals surface area contributed by atoms with Crippen molar-refractivity contribution in [3.63, 3.8) is 0 Å².